The maximum Gasteiger partial charge on any atom is 0.214 e. The zero-order valence-corrected chi connectivity index (χ0v) is 12.9. The summed E-state index contributed by atoms with van der Waals surface area (Å²) < 4.78 is 0. The van der Waals surface area contributed by atoms with Crippen LogP contribution in [0.4, 0.5) is 0 Å². The molecule has 8 nitrogen and oxygen atoms in total. The van der Waals surface area contributed by atoms with Gasteiger partial charge in [-0.25, -0.2) is 0 Å². The zero-order chi connectivity index (χ0) is 14.3. The Balaban J connectivity index is -0.0000000369. The molecule has 0 heterocycles. The van der Waals surface area contributed by atoms with Gasteiger partial charge in [-0.2, -0.15) is 0 Å². The predicted octanol–water partition coefficient (Wildman–Crippen LogP) is -2.04. The minimum Gasteiger partial charge on any atom is -0.370 e. The Morgan fingerprint density at radius 1 is 0.529 bits per heavy atom. The summed E-state index contributed by atoms with van der Waals surface area (Å²) in [5.41, 5.74) is 17.9. The first-order valence-corrected chi connectivity index (χ1v) is 3.97. The Morgan fingerprint density at radius 3 is 0.529 bits per heavy atom. The summed E-state index contributed by atoms with van der Waals surface area (Å²) in [4.78, 5) is 36.9. The summed E-state index contributed by atoms with van der Waals surface area (Å²) in [5, 5.41) is 0. The Morgan fingerprint density at radius 2 is 0.529 bits per heavy atom. The van der Waals surface area contributed by atoms with Crippen LogP contribution < -0.4 is 22.9 Å². The number of hydrogen-bond donors (Lipinski definition) is 4. The summed E-state index contributed by atoms with van der Waals surface area (Å²) >= 11 is 0. The van der Waals surface area contributed by atoms with Crippen molar-refractivity contribution >= 4 is 23.6 Å². The van der Waals surface area contributed by atoms with Gasteiger partial charge in [0.15, 0.2) is 0 Å². The SMILES string of the molecule is CC(N)=O.CC(N)=O.CC(N)=O.CC(N)=O.[Zr]. The molecule has 100 valence electrons. The van der Waals surface area contributed by atoms with E-state index in [4.69, 9.17) is 0 Å². The molecule has 0 aliphatic heterocycles. The fourth-order valence-electron chi connectivity index (χ4n) is 0. The van der Waals surface area contributed by atoms with E-state index in [-0.39, 0.29) is 49.8 Å². The number of nitrogens with two attached hydrogens (primary N) is 4. The van der Waals surface area contributed by atoms with Crippen molar-refractivity contribution in [2.45, 2.75) is 27.7 Å². The van der Waals surface area contributed by atoms with Crippen LogP contribution in [0.2, 0.25) is 0 Å². The van der Waals surface area contributed by atoms with Crippen molar-refractivity contribution in [1.29, 1.82) is 0 Å². The van der Waals surface area contributed by atoms with E-state index < -0.39 is 0 Å². The van der Waals surface area contributed by atoms with Gasteiger partial charge in [-0.15, -0.1) is 0 Å². The average Bonchev–Trinajstić information content (AvgIpc) is 1.76. The Labute approximate surface area is 120 Å². The maximum absolute atomic E-state index is 9.22. The summed E-state index contributed by atoms with van der Waals surface area (Å²) in [6, 6.07) is 0. The molecule has 0 spiro atoms. The van der Waals surface area contributed by atoms with E-state index >= 15 is 0 Å². The van der Waals surface area contributed by atoms with Crippen molar-refractivity contribution in [3.63, 3.8) is 0 Å². The average molecular weight is 327 g/mol. The van der Waals surface area contributed by atoms with Crippen molar-refractivity contribution in [2.75, 3.05) is 0 Å². The smallest absolute Gasteiger partial charge is 0.214 e. The normalized spacial score (nSPS) is 5.88. The van der Waals surface area contributed by atoms with Gasteiger partial charge in [-0.3, -0.25) is 19.2 Å². The third-order valence-corrected chi connectivity index (χ3v) is 0. The Bertz CT molecular complexity index is 170. The molecule has 0 unspecified atom stereocenters. The van der Waals surface area contributed by atoms with Crippen molar-refractivity contribution in [2.24, 2.45) is 22.9 Å². The minimum atomic E-state index is -0.333. The van der Waals surface area contributed by atoms with Crippen molar-refractivity contribution in [3.05, 3.63) is 0 Å². The van der Waals surface area contributed by atoms with Crippen LogP contribution in [-0.4, -0.2) is 23.6 Å². The molecule has 17 heavy (non-hydrogen) atoms. The van der Waals surface area contributed by atoms with Gasteiger partial charge in [0.2, 0.25) is 23.6 Å². The van der Waals surface area contributed by atoms with Crippen LogP contribution in [0.1, 0.15) is 27.7 Å². The molecule has 0 aromatic carbocycles. The Hall–Kier alpha value is -1.24. The third kappa shape index (κ3) is 1570. The van der Waals surface area contributed by atoms with E-state index in [9.17, 15) is 19.2 Å². The van der Waals surface area contributed by atoms with Crippen molar-refractivity contribution in [3.8, 4) is 0 Å². The quantitative estimate of drug-likeness (QED) is 0.401. The van der Waals surface area contributed by atoms with E-state index in [1.54, 1.807) is 0 Å². The molecule has 0 aliphatic rings. The fourth-order valence-corrected chi connectivity index (χ4v) is 0. The van der Waals surface area contributed by atoms with Crippen molar-refractivity contribution < 1.29 is 45.4 Å². The van der Waals surface area contributed by atoms with Crippen LogP contribution in [0.5, 0.6) is 0 Å². The largest absolute Gasteiger partial charge is 0.370 e. The molecule has 8 N–H and O–H groups in total. The first kappa shape index (κ1) is 29.7. The molecule has 0 saturated carbocycles. The number of carbonyl (C=O) groups is 4. The second-order valence-electron chi connectivity index (χ2n) is 2.44. The zero-order valence-electron chi connectivity index (χ0n) is 10.4. The molecule has 0 aromatic rings. The predicted molar refractivity (Wildman–Crippen MR) is 59.5 cm³/mol. The van der Waals surface area contributed by atoms with Crippen molar-refractivity contribution in [1.82, 2.24) is 0 Å². The molecule has 0 atom stereocenters. The molecule has 0 saturated heterocycles. The van der Waals surface area contributed by atoms with E-state index in [2.05, 4.69) is 22.9 Å². The maximum atomic E-state index is 9.22. The first-order chi connectivity index (χ1) is 6.93. The van der Waals surface area contributed by atoms with E-state index in [0.717, 1.165) is 0 Å². The number of rotatable bonds is 0. The van der Waals surface area contributed by atoms with E-state index in [1.807, 2.05) is 0 Å². The molecule has 0 aromatic heterocycles. The third-order valence-electron chi connectivity index (χ3n) is 0. The van der Waals surface area contributed by atoms with Gasteiger partial charge in [0, 0.05) is 53.9 Å². The molecule has 4 amide bonds. The van der Waals surface area contributed by atoms with Crippen LogP contribution >= 0.6 is 0 Å². The van der Waals surface area contributed by atoms with E-state index in [1.165, 1.54) is 27.7 Å². The molecular formula is C8H20N4O4Zr. The summed E-state index contributed by atoms with van der Waals surface area (Å²) in [5.74, 6) is -1.33. The minimum absolute atomic E-state index is 0. The van der Waals surface area contributed by atoms with Gasteiger partial charge < -0.3 is 22.9 Å². The number of hydrogen-bond acceptors (Lipinski definition) is 4. The van der Waals surface area contributed by atoms with Crippen LogP contribution in [-0.2, 0) is 45.4 Å². The van der Waals surface area contributed by atoms with Crippen LogP contribution in [0.25, 0.3) is 0 Å². The standard InChI is InChI=1S/4C2H5NO.Zr/c4*1-2(3)4;/h4*1H3,(H2,3,4);. The molecular weight excluding hydrogens is 307 g/mol. The van der Waals surface area contributed by atoms with Crippen LogP contribution in [0.3, 0.4) is 0 Å². The van der Waals surface area contributed by atoms with Gasteiger partial charge in [-0.1, -0.05) is 0 Å². The van der Waals surface area contributed by atoms with E-state index in [0.29, 0.717) is 0 Å². The number of amides is 4. The second-order valence-corrected chi connectivity index (χ2v) is 2.44. The van der Waals surface area contributed by atoms with Gasteiger partial charge in [0.05, 0.1) is 0 Å². The van der Waals surface area contributed by atoms with Gasteiger partial charge in [0.1, 0.15) is 0 Å². The van der Waals surface area contributed by atoms with Gasteiger partial charge in [0.25, 0.3) is 0 Å². The Kier molecular flexibility index (Phi) is 42.1. The number of primary amides is 4. The fraction of sp³-hybridized carbons (Fsp3) is 0.500. The first-order valence-electron chi connectivity index (χ1n) is 3.97. The summed E-state index contributed by atoms with van der Waals surface area (Å²) in [7, 11) is 0. The molecule has 0 fully saturated rings. The number of carbonyl (C=O) groups excluding carboxylic acids is 4. The molecule has 0 bridgehead atoms. The van der Waals surface area contributed by atoms with Gasteiger partial charge in [-0.05, 0) is 0 Å². The summed E-state index contributed by atoms with van der Waals surface area (Å²) in [6.45, 7) is 5.22. The topological polar surface area (TPSA) is 172 Å². The summed E-state index contributed by atoms with van der Waals surface area (Å²) in [6.07, 6.45) is 0. The second kappa shape index (κ2) is 24.1. The monoisotopic (exact) mass is 326 g/mol. The van der Waals surface area contributed by atoms with Gasteiger partial charge >= 0.3 is 0 Å². The van der Waals surface area contributed by atoms with Crippen LogP contribution in [0, 0.1) is 0 Å². The van der Waals surface area contributed by atoms with Crippen LogP contribution in [0.15, 0.2) is 0 Å². The molecule has 0 radical (unpaired) electrons. The molecule has 9 heteroatoms. The molecule has 0 aliphatic carbocycles. The molecule has 0 rings (SSSR count).